The van der Waals surface area contributed by atoms with E-state index in [9.17, 15) is 9.59 Å². The van der Waals surface area contributed by atoms with Crippen LogP contribution in [-0.4, -0.2) is 18.2 Å². The predicted molar refractivity (Wildman–Crippen MR) is 79.3 cm³/mol. The van der Waals surface area contributed by atoms with Crippen molar-refractivity contribution in [3.63, 3.8) is 0 Å². The molecular formula is C15H18BrNO2. The molecule has 0 aliphatic carbocycles. The van der Waals surface area contributed by atoms with E-state index in [1.807, 2.05) is 32.0 Å². The first-order valence-corrected chi connectivity index (χ1v) is 7.44. The van der Waals surface area contributed by atoms with E-state index in [1.54, 1.807) is 4.90 Å². The maximum Gasteiger partial charge on any atom is 0.237 e. The van der Waals surface area contributed by atoms with E-state index in [4.69, 9.17) is 0 Å². The molecule has 1 saturated heterocycles. The Kier molecular flexibility index (Phi) is 4.40. The van der Waals surface area contributed by atoms with Crippen LogP contribution in [0.25, 0.3) is 0 Å². The van der Waals surface area contributed by atoms with Crippen LogP contribution in [-0.2, 0) is 9.59 Å². The van der Waals surface area contributed by atoms with Crippen LogP contribution in [0, 0.1) is 12.8 Å². The van der Waals surface area contributed by atoms with Gasteiger partial charge in [0.1, 0.15) is 5.78 Å². The highest BCUT2D eigenvalue weighted by atomic mass is 79.9. The van der Waals surface area contributed by atoms with E-state index in [-0.39, 0.29) is 11.7 Å². The van der Waals surface area contributed by atoms with Crippen LogP contribution >= 0.6 is 15.9 Å². The summed E-state index contributed by atoms with van der Waals surface area (Å²) in [6.45, 7) is 4.52. The van der Waals surface area contributed by atoms with Crippen molar-refractivity contribution < 1.29 is 9.59 Å². The number of hydrogen-bond donors (Lipinski definition) is 0. The minimum atomic E-state index is -0.442. The molecule has 2 rings (SSSR count). The van der Waals surface area contributed by atoms with Gasteiger partial charge in [0.05, 0.1) is 5.92 Å². The fourth-order valence-electron chi connectivity index (χ4n) is 2.47. The van der Waals surface area contributed by atoms with Crippen molar-refractivity contribution in [3.05, 3.63) is 28.2 Å². The fraction of sp³-hybridized carbons (Fsp3) is 0.467. The molecule has 1 aromatic carbocycles. The maximum absolute atomic E-state index is 12.4. The third kappa shape index (κ3) is 2.89. The van der Waals surface area contributed by atoms with Gasteiger partial charge >= 0.3 is 0 Å². The van der Waals surface area contributed by atoms with Gasteiger partial charge in [-0.25, -0.2) is 0 Å². The standard InChI is InChI=1S/C15H18BrNO2/c1-3-14(18)12-5-4-8-17(15(12)19)11-6-7-13(16)10(2)9-11/h6-7,9,12H,3-5,8H2,1-2H3/t12-/m0/s1. The smallest absolute Gasteiger partial charge is 0.237 e. The van der Waals surface area contributed by atoms with E-state index in [1.165, 1.54) is 0 Å². The van der Waals surface area contributed by atoms with Crippen molar-refractivity contribution in [2.75, 3.05) is 11.4 Å². The molecule has 0 unspecified atom stereocenters. The van der Waals surface area contributed by atoms with Crippen LogP contribution in [0.5, 0.6) is 0 Å². The highest BCUT2D eigenvalue weighted by Crippen LogP contribution is 2.28. The number of piperidine rings is 1. The molecule has 0 radical (unpaired) electrons. The molecule has 1 aromatic rings. The molecule has 1 heterocycles. The predicted octanol–water partition coefficient (Wildman–Crippen LogP) is 3.48. The molecule has 102 valence electrons. The summed E-state index contributed by atoms with van der Waals surface area (Å²) in [6, 6.07) is 5.86. The Morgan fingerprint density at radius 3 is 2.84 bits per heavy atom. The molecule has 0 spiro atoms. The monoisotopic (exact) mass is 323 g/mol. The summed E-state index contributed by atoms with van der Waals surface area (Å²) in [5, 5.41) is 0. The van der Waals surface area contributed by atoms with Gasteiger partial charge in [-0.15, -0.1) is 0 Å². The highest BCUT2D eigenvalue weighted by molar-refractivity contribution is 9.10. The zero-order valence-electron chi connectivity index (χ0n) is 11.3. The van der Waals surface area contributed by atoms with Gasteiger partial charge in [0.25, 0.3) is 0 Å². The molecule has 3 nitrogen and oxygen atoms in total. The minimum absolute atomic E-state index is 0.0418. The Balaban J connectivity index is 2.26. The largest absolute Gasteiger partial charge is 0.312 e. The number of ketones is 1. The van der Waals surface area contributed by atoms with Crippen LogP contribution in [0.15, 0.2) is 22.7 Å². The lowest BCUT2D eigenvalue weighted by atomic mass is 9.91. The van der Waals surface area contributed by atoms with Crippen LogP contribution in [0.3, 0.4) is 0 Å². The number of benzene rings is 1. The first kappa shape index (κ1) is 14.3. The van der Waals surface area contributed by atoms with Gasteiger partial charge in [-0.05, 0) is 43.5 Å². The molecule has 0 aromatic heterocycles. The van der Waals surface area contributed by atoms with E-state index in [2.05, 4.69) is 15.9 Å². The molecular weight excluding hydrogens is 306 g/mol. The molecule has 0 bridgehead atoms. The second kappa shape index (κ2) is 5.87. The van der Waals surface area contributed by atoms with Gasteiger partial charge in [0.2, 0.25) is 5.91 Å². The summed E-state index contributed by atoms with van der Waals surface area (Å²) in [5.74, 6) is -0.425. The van der Waals surface area contributed by atoms with Gasteiger partial charge < -0.3 is 4.90 Å². The van der Waals surface area contributed by atoms with Crippen LogP contribution in [0.2, 0.25) is 0 Å². The normalized spacial score (nSPS) is 19.6. The summed E-state index contributed by atoms with van der Waals surface area (Å²) >= 11 is 3.46. The third-order valence-corrected chi connectivity index (χ3v) is 4.52. The lowest BCUT2D eigenvalue weighted by molar-refractivity contribution is -0.133. The number of amides is 1. The van der Waals surface area contributed by atoms with E-state index in [0.29, 0.717) is 19.4 Å². The van der Waals surface area contributed by atoms with E-state index >= 15 is 0 Å². The Morgan fingerprint density at radius 2 is 2.21 bits per heavy atom. The van der Waals surface area contributed by atoms with Gasteiger partial charge in [0.15, 0.2) is 0 Å². The van der Waals surface area contributed by atoms with Gasteiger partial charge in [-0.3, -0.25) is 9.59 Å². The average Bonchev–Trinajstić information content (AvgIpc) is 2.41. The summed E-state index contributed by atoms with van der Waals surface area (Å²) in [5.41, 5.74) is 1.98. The maximum atomic E-state index is 12.4. The van der Waals surface area contributed by atoms with Crippen LogP contribution in [0.1, 0.15) is 31.7 Å². The fourth-order valence-corrected chi connectivity index (χ4v) is 2.72. The third-order valence-electron chi connectivity index (χ3n) is 3.63. The summed E-state index contributed by atoms with van der Waals surface area (Å²) in [4.78, 5) is 26.0. The van der Waals surface area contributed by atoms with Crippen molar-refractivity contribution in [1.82, 2.24) is 0 Å². The number of halogens is 1. The average molecular weight is 324 g/mol. The SMILES string of the molecule is CCC(=O)[C@@H]1CCCN(c2ccc(Br)c(C)c2)C1=O. The van der Waals surface area contributed by atoms with Gasteiger partial charge in [-0.1, -0.05) is 22.9 Å². The summed E-state index contributed by atoms with van der Waals surface area (Å²) in [6.07, 6.45) is 2.01. The second-order valence-electron chi connectivity index (χ2n) is 4.94. The minimum Gasteiger partial charge on any atom is -0.312 e. The molecule has 1 aliphatic heterocycles. The molecule has 1 atom stereocenters. The second-order valence-corrected chi connectivity index (χ2v) is 5.79. The van der Waals surface area contributed by atoms with Crippen molar-refractivity contribution in [1.29, 1.82) is 0 Å². The van der Waals surface area contributed by atoms with Crippen molar-refractivity contribution in [2.45, 2.75) is 33.1 Å². The summed E-state index contributed by atoms with van der Waals surface area (Å²) in [7, 11) is 0. The summed E-state index contributed by atoms with van der Waals surface area (Å²) < 4.78 is 1.03. The van der Waals surface area contributed by atoms with Crippen LogP contribution in [0.4, 0.5) is 5.69 Å². The number of aryl methyl sites for hydroxylation is 1. The van der Waals surface area contributed by atoms with Crippen molar-refractivity contribution >= 4 is 33.3 Å². The number of hydrogen-bond acceptors (Lipinski definition) is 2. The van der Waals surface area contributed by atoms with Crippen molar-refractivity contribution in [2.24, 2.45) is 5.92 Å². The quantitative estimate of drug-likeness (QED) is 0.798. The lowest BCUT2D eigenvalue weighted by Gasteiger charge is -2.31. The zero-order chi connectivity index (χ0) is 14.0. The highest BCUT2D eigenvalue weighted by Gasteiger charge is 2.33. The Bertz CT molecular complexity index is 513. The molecule has 0 N–H and O–H groups in total. The Labute approximate surface area is 122 Å². The van der Waals surface area contributed by atoms with E-state index in [0.717, 1.165) is 22.1 Å². The number of anilines is 1. The molecule has 19 heavy (non-hydrogen) atoms. The van der Waals surface area contributed by atoms with Crippen LogP contribution < -0.4 is 4.90 Å². The number of nitrogens with zero attached hydrogens (tertiary/aromatic N) is 1. The first-order valence-electron chi connectivity index (χ1n) is 6.64. The number of rotatable bonds is 3. The molecule has 4 heteroatoms. The Morgan fingerprint density at radius 1 is 1.47 bits per heavy atom. The lowest BCUT2D eigenvalue weighted by Crippen LogP contribution is -2.44. The van der Waals surface area contributed by atoms with E-state index < -0.39 is 5.92 Å². The van der Waals surface area contributed by atoms with Gasteiger partial charge in [-0.2, -0.15) is 0 Å². The Hall–Kier alpha value is -1.16. The zero-order valence-corrected chi connectivity index (χ0v) is 12.9. The number of carbonyl (C=O) groups excluding carboxylic acids is 2. The molecule has 1 aliphatic rings. The number of Topliss-reactive ketones (excluding diaryl/α,β-unsaturated/α-hetero) is 1. The van der Waals surface area contributed by atoms with Crippen molar-refractivity contribution in [3.8, 4) is 0 Å². The first-order chi connectivity index (χ1) is 9.04. The van der Waals surface area contributed by atoms with Gasteiger partial charge in [0, 0.05) is 23.1 Å². The number of carbonyl (C=O) groups is 2. The molecule has 1 amide bonds. The molecule has 0 saturated carbocycles. The topological polar surface area (TPSA) is 37.4 Å². The molecule has 1 fully saturated rings.